The fourth-order valence-electron chi connectivity index (χ4n) is 3.40. The molecule has 2 fully saturated rings. The predicted molar refractivity (Wildman–Crippen MR) is 79.1 cm³/mol. The van der Waals surface area contributed by atoms with Crippen molar-refractivity contribution in [1.82, 2.24) is 4.90 Å². The normalized spacial score (nSPS) is 30.0. The molecule has 2 unspecified atom stereocenters. The summed E-state index contributed by atoms with van der Waals surface area (Å²) in [6.07, 6.45) is 8.70. The van der Waals surface area contributed by atoms with E-state index in [9.17, 15) is 0 Å². The predicted octanol–water partition coefficient (Wildman–Crippen LogP) is 1.96. The van der Waals surface area contributed by atoms with Gasteiger partial charge in [0.05, 0.1) is 0 Å². The minimum atomic E-state index is 0.592. The van der Waals surface area contributed by atoms with Gasteiger partial charge in [-0.1, -0.05) is 0 Å². The van der Waals surface area contributed by atoms with Gasteiger partial charge in [-0.25, -0.2) is 0 Å². The van der Waals surface area contributed by atoms with E-state index in [0.29, 0.717) is 6.04 Å². The van der Waals surface area contributed by atoms with Gasteiger partial charge in [0.2, 0.25) is 0 Å². The second kappa shape index (κ2) is 7.73. The van der Waals surface area contributed by atoms with Crippen molar-refractivity contribution in [3.8, 4) is 0 Å². The summed E-state index contributed by atoms with van der Waals surface area (Å²) in [6.45, 7) is 5.17. The summed E-state index contributed by atoms with van der Waals surface area (Å²) in [5.74, 6) is 0.759. The van der Waals surface area contributed by atoms with E-state index in [4.69, 9.17) is 10.5 Å². The highest BCUT2D eigenvalue weighted by molar-refractivity contribution is 7.99. The van der Waals surface area contributed by atoms with E-state index in [1.807, 2.05) is 11.8 Å². The summed E-state index contributed by atoms with van der Waals surface area (Å²) < 4.78 is 5.48. The maximum Gasteiger partial charge on any atom is 0.0469 e. The molecule has 2 atom stereocenters. The lowest BCUT2D eigenvalue weighted by Gasteiger charge is -2.37. The Morgan fingerprint density at radius 2 is 2.00 bits per heavy atom. The van der Waals surface area contributed by atoms with Crippen LogP contribution in [0.5, 0.6) is 0 Å². The molecule has 0 saturated carbocycles. The number of nitrogens with two attached hydrogens (primary N) is 1. The average Bonchev–Trinajstić information content (AvgIpc) is 2.66. The first kappa shape index (κ1) is 14.6. The van der Waals surface area contributed by atoms with Crippen LogP contribution in [0, 0.1) is 5.92 Å². The van der Waals surface area contributed by atoms with Crippen molar-refractivity contribution in [3.63, 3.8) is 0 Å². The Morgan fingerprint density at radius 1 is 1.22 bits per heavy atom. The number of likely N-dealkylation sites (tertiary alicyclic amines) is 1. The average molecular weight is 272 g/mol. The van der Waals surface area contributed by atoms with E-state index in [1.165, 1.54) is 45.2 Å². The smallest absolute Gasteiger partial charge is 0.0469 e. The molecule has 2 aliphatic rings. The largest absolute Gasteiger partial charge is 0.381 e. The molecule has 2 aliphatic heterocycles. The minimum absolute atomic E-state index is 0.592. The standard InChI is InChI=1S/C14H28N2OS/c1-18-13-3-2-7-16(8-4-13)14(11-15)12-5-9-17-10-6-12/h12-14H,2-11,15H2,1H3. The van der Waals surface area contributed by atoms with Crippen molar-refractivity contribution in [2.24, 2.45) is 11.7 Å². The zero-order chi connectivity index (χ0) is 12.8. The van der Waals surface area contributed by atoms with Crippen molar-refractivity contribution < 1.29 is 4.74 Å². The maximum atomic E-state index is 6.06. The van der Waals surface area contributed by atoms with Gasteiger partial charge >= 0.3 is 0 Å². The molecular weight excluding hydrogens is 244 g/mol. The summed E-state index contributed by atoms with van der Waals surface area (Å²) >= 11 is 2.04. The summed E-state index contributed by atoms with van der Waals surface area (Å²) in [5, 5.41) is 0.864. The molecule has 3 nitrogen and oxygen atoms in total. The first-order chi connectivity index (χ1) is 8.85. The van der Waals surface area contributed by atoms with Crippen molar-refractivity contribution >= 4 is 11.8 Å². The fraction of sp³-hybridized carbons (Fsp3) is 1.00. The highest BCUT2D eigenvalue weighted by Crippen LogP contribution is 2.27. The van der Waals surface area contributed by atoms with Gasteiger partial charge in [0, 0.05) is 31.1 Å². The Labute approximate surface area is 116 Å². The summed E-state index contributed by atoms with van der Waals surface area (Å²) in [6, 6.07) is 0.592. The van der Waals surface area contributed by atoms with Crippen LogP contribution < -0.4 is 5.73 Å². The van der Waals surface area contributed by atoms with Crippen LogP contribution >= 0.6 is 11.8 Å². The first-order valence-electron chi connectivity index (χ1n) is 7.39. The van der Waals surface area contributed by atoms with Crippen LogP contribution in [0.1, 0.15) is 32.1 Å². The Hall–Kier alpha value is 0.230. The molecule has 4 heteroatoms. The van der Waals surface area contributed by atoms with E-state index in [1.54, 1.807) is 0 Å². The molecule has 0 aliphatic carbocycles. The quantitative estimate of drug-likeness (QED) is 0.849. The SMILES string of the molecule is CSC1CCCN(C(CN)C2CCOCC2)CC1. The first-order valence-corrected chi connectivity index (χ1v) is 8.68. The van der Waals surface area contributed by atoms with Crippen molar-refractivity contribution in [3.05, 3.63) is 0 Å². The number of nitrogens with zero attached hydrogens (tertiary/aromatic N) is 1. The third kappa shape index (κ3) is 3.86. The molecule has 0 aromatic heterocycles. The van der Waals surface area contributed by atoms with E-state index in [2.05, 4.69) is 11.2 Å². The maximum absolute atomic E-state index is 6.06. The van der Waals surface area contributed by atoms with Crippen LogP contribution in [0.4, 0.5) is 0 Å². The third-order valence-corrected chi connectivity index (χ3v) is 5.70. The summed E-state index contributed by atoms with van der Waals surface area (Å²) in [7, 11) is 0. The lowest BCUT2D eigenvalue weighted by molar-refractivity contribution is 0.0284. The molecular formula is C14H28N2OS. The van der Waals surface area contributed by atoms with E-state index >= 15 is 0 Å². The number of hydrogen-bond acceptors (Lipinski definition) is 4. The Morgan fingerprint density at radius 3 is 2.67 bits per heavy atom. The van der Waals surface area contributed by atoms with Crippen molar-refractivity contribution in [1.29, 1.82) is 0 Å². The zero-order valence-electron chi connectivity index (χ0n) is 11.6. The van der Waals surface area contributed by atoms with Crippen LogP contribution in [-0.2, 0) is 4.74 Å². The van der Waals surface area contributed by atoms with Gasteiger partial charge in [0.25, 0.3) is 0 Å². The van der Waals surface area contributed by atoms with Crippen LogP contribution in [0.2, 0.25) is 0 Å². The van der Waals surface area contributed by atoms with E-state index in [0.717, 1.165) is 30.9 Å². The monoisotopic (exact) mass is 272 g/mol. The second-order valence-corrected chi connectivity index (χ2v) is 6.72. The molecule has 2 rings (SSSR count). The molecule has 0 amide bonds. The number of ether oxygens (including phenoxy) is 1. The third-order valence-electron chi connectivity index (χ3n) is 4.56. The molecule has 0 aromatic carbocycles. The number of thioether (sulfide) groups is 1. The van der Waals surface area contributed by atoms with Crippen LogP contribution in [0.25, 0.3) is 0 Å². The van der Waals surface area contributed by atoms with Gasteiger partial charge < -0.3 is 10.5 Å². The summed E-state index contributed by atoms with van der Waals surface area (Å²) in [4.78, 5) is 2.67. The minimum Gasteiger partial charge on any atom is -0.381 e. The molecule has 0 aromatic rings. The van der Waals surface area contributed by atoms with Gasteiger partial charge in [-0.3, -0.25) is 4.90 Å². The molecule has 106 valence electrons. The van der Waals surface area contributed by atoms with Crippen molar-refractivity contribution in [2.45, 2.75) is 43.4 Å². The number of rotatable bonds is 4. The van der Waals surface area contributed by atoms with Gasteiger partial charge in [-0.05, 0) is 57.4 Å². The van der Waals surface area contributed by atoms with Crippen LogP contribution in [0.15, 0.2) is 0 Å². The van der Waals surface area contributed by atoms with Crippen molar-refractivity contribution in [2.75, 3.05) is 39.1 Å². The zero-order valence-corrected chi connectivity index (χ0v) is 12.5. The van der Waals surface area contributed by atoms with Gasteiger partial charge in [-0.15, -0.1) is 0 Å². The highest BCUT2D eigenvalue weighted by Gasteiger charge is 2.29. The summed E-state index contributed by atoms with van der Waals surface area (Å²) in [5.41, 5.74) is 6.06. The Balaban J connectivity index is 1.90. The Kier molecular flexibility index (Phi) is 6.29. The topological polar surface area (TPSA) is 38.5 Å². The fourth-order valence-corrected chi connectivity index (χ4v) is 4.14. The molecule has 2 heterocycles. The van der Waals surface area contributed by atoms with Gasteiger partial charge in [-0.2, -0.15) is 11.8 Å². The van der Waals surface area contributed by atoms with Crippen LogP contribution in [-0.4, -0.2) is 55.3 Å². The Bertz CT molecular complexity index is 234. The van der Waals surface area contributed by atoms with E-state index < -0.39 is 0 Å². The van der Waals surface area contributed by atoms with Gasteiger partial charge in [0.15, 0.2) is 0 Å². The lowest BCUT2D eigenvalue weighted by Crippen LogP contribution is -2.47. The molecule has 0 radical (unpaired) electrons. The molecule has 0 bridgehead atoms. The van der Waals surface area contributed by atoms with Crippen LogP contribution in [0.3, 0.4) is 0 Å². The highest BCUT2D eigenvalue weighted by atomic mass is 32.2. The molecule has 2 N–H and O–H groups in total. The second-order valence-electron chi connectivity index (χ2n) is 5.58. The van der Waals surface area contributed by atoms with Gasteiger partial charge in [0.1, 0.15) is 0 Å². The number of hydrogen-bond donors (Lipinski definition) is 1. The molecule has 2 saturated heterocycles. The lowest BCUT2D eigenvalue weighted by atomic mass is 9.90. The molecule has 0 spiro atoms. The van der Waals surface area contributed by atoms with E-state index in [-0.39, 0.29) is 0 Å². The molecule has 18 heavy (non-hydrogen) atoms.